The first-order chi connectivity index (χ1) is 8.90. The maximum atomic E-state index is 10.7. The molecule has 0 aliphatic heterocycles. The fraction of sp³-hybridized carbons (Fsp3) is 0.462. The number of carboxylic acid groups (broad SMARTS) is 1. The Kier molecular flexibility index (Phi) is 5.29. The first-order valence-electron chi connectivity index (χ1n) is 6.13. The summed E-state index contributed by atoms with van der Waals surface area (Å²) in [4.78, 5) is 20.7. The number of benzene rings is 1. The van der Waals surface area contributed by atoms with Gasteiger partial charge in [0.1, 0.15) is 0 Å². The first-order valence-corrected chi connectivity index (χ1v) is 6.13. The molecule has 0 heterocycles. The van der Waals surface area contributed by atoms with Gasteiger partial charge in [-0.15, -0.1) is 0 Å². The Morgan fingerprint density at radius 2 is 2.21 bits per heavy atom. The second-order valence-corrected chi connectivity index (χ2v) is 4.59. The van der Waals surface area contributed by atoms with E-state index in [9.17, 15) is 14.9 Å². The summed E-state index contributed by atoms with van der Waals surface area (Å²) in [5.41, 5.74) is 1.69. The Morgan fingerprint density at radius 3 is 2.79 bits per heavy atom. The van der Waals surface area contributed by atoms with Crippen molar-refractivity contribution in [2.75, 3.05) is 5.32 Å². The smallest absolute Gasteiger partial charge is 0.303 e. The van der Waals surface area contributed by atoms with Gasteiger partial charge in [0.15, 0.2) is 0 Å². The maximum Gasteiger partial charge on any atom is 0.303 e. The number of hydrogen-bond acceptors (Lipinski definition) is 4. The van der Waals surface area contributed by atoms with Crippen molar-refractivity contribution in [3.63, 3.8) is 0 Å². The van der Waals surface area contributed by atoms with Crippen LogP contribution in [0.2, 0.25) is 0 Å². The van der Waals surface area contributed by atoms with Gasteiger partial charge in [0.25, 0.3) is 5.69 Å². The van der Waals surface area contributed by atoms with E-state index in [1.165, 1.54) is 12.1 Å². The molecule has 19 heavy (non-hydrogen) atoms. The predicted octanol–water partition coefficient (Wildman–Crippen LogP) is 2.96. The zero-order valence-corrected chi connectivity index (χ0v) is 11.0. The number of nitrogens with zero attached hydrogens (tertiary/aromatic N) is 1. The van der Waals surface area contributed by atoms with Crippen molar-refractivity contribution in [1.29, 1.82) is 0 Å². The molecule has 0 aliphatic rings. The van der Waals surface area contributed by atoms with Crippen molar-refractivity contribution < 1.29 is 14.8 Å². The molecule has 2 N–H and O–H groups in total. The van der Waals surface area contributed by atoms with Crippen LogP contribution in [0.4, 0.5) is 11.4 Å². The van der Waals surface area contributed by atoms with Crippen LogP contribution < -0.4 is 5.32 Å². The summed E-state index contributed by atoms with van der Waals surface area (Å²) in [6.07, 6.45) is 1.42. The molecule has 0 fully saturated rings. The molecule has 0 spiro atoms. The molecule has 1 aromatic carbocycles. The number of carbonyl (C=O) groups is 1. The van der Waals surface area contributed by atoms with Gasteiger partial charge in [0.05, 0.1) is 4.92 Å². The number of hydrogen-bond donors (Lipinski definition) is 2. The van der Waals surface area contributed by atoms with Gasteiger partial charge in [0, 0.05) is 30.3 Å². The summed E-state index contributed by atoms with van der Waals surface area (Å²) >= 11 is 0. The van der Waals surface area contributed by atoms with Gasteiger partial charge in [-0.1, -0.05) is 6.07 Å². The highest BCUT2D eigenvalue weighted by Gasteiger charge is 2.11. The lowest BCUT2D eigenvalue weighted by molar-refractivity contribution is -0.384. The Labute approximate surface area is 111 Å². The van der Waals surface area contributed by atoms with E-state index < -0.39 is 10.9 Å². The molecule has 0 aromatic heterocycles. The number of non-ortho nitro benzene ring substituents is 1. The van der Waals surface area contributed by atoms with Gasteiger partial charge in [-0.3, -0.25) is 14.9 Å². The van der Waals surface area contributed by atoms with E-state index in [2.05, 4.69) is 5.32 Å². The zero-order valence-electron chi connectivity index (χ0n) is 11.0. The highest BCUT2D eigenvalue weighted by atomic mass is 16.6. The summed E-state index contributed by atoms with van der Waals surface area (Å²) in [5.74, 6) is -0.807. The molecule has 6 nitrogen and oxygen atoms in total. The summed E-state index contributed by atoms with van der Waals surface area (Å²) in [6.45, 7) is 3.80. The molecule has 1 atom stereocenters. The van der Waals surface area contributed by atoms with E-state index in [1.807, 2.05) is 13.8 Å². The van der Waals surface area contributed by atoms with Crippen LogP contribution in [0, 0.1) is 17.0 Å². The summed E-state index contributed by atoms with van der Waals surface area (Å²) in [5, 5.41) is 22.5. The lowest BCUT2D eigenvalue weighted by atomic mass is 10.1. The molecule has 0 saturated carbocycles. The molecule has 0 bridgehead atoms. The van der Waals surface area contributed by atoms with Crippen LogP contribution in [0.25, 0.3) is 0 Å². The predicted molar refractivity (Wildman–Crippen MR) is 72.4 cm³/mol. The number of nitro benzene ring substituents is 1. The topological polar surface area (TPSA) is 92.5 Å². The van der Waals surface area contributed by atoms with E-state index in [1.54, 1.807) is 6.07 Å². The molecule has 104 valence electrons. The molecule has 1 rings (SSSR count). The van der Waals surface area contributed by atoms with Crippen molar-refractivity contribution in [3.05, 3.63) is 33.9 Å². The van der Waals surface area contributed by atoms with Crippen LogP contribution in [0.1, 0.15) is 31.7 Å². The van der Waals surface area contributed by atoms with Crippen LogP contribution in [-0.4, -0.2) is 22.0 Å². The SMILES string of the molecule is Cc1ccc([N+](=O)[O-])cc1NC(C)CCCC(=O)O. The third-order valence-electron chi connectivity index (χ3n) is 2.86. The molecule has 0 amide bonds. The molecule has 0 saturated heterocycles. The molecule has 1 unspecified atom stereocenters. The number of aliphatic carboxylic acids is 1. The van der Waals surface area contributed by atoms with Crippen LogP contribution in [0.5, 0.6) is 0 Å². The monoisotopic (exact) mass is 266 g/mol. The van der Waals surface area contributed by atoms with Crippen LogP contribution in [0.15, 0.2) is 18.2 Å². The average molecular weight is 266 g/mol. The van der Waals surface area contributed by atoms with Crippen molar-refractivity contribution in [3.8, 4) is 0 Å². The molecule has 1 aromatic rings. The molecule has 0 radical (unpaired) electrons. The number of anilines is 1. The minimum atomic E-state index is -0.807. The average Bonchev–Trinajstić information content (AvgIpc) is 2.31. The normalized spacial score (nSPS) is 11.9. The number of carboxylic acids is 1. The maximum absolute atomic E-state index is 10.7. The van der Waals surface area contributed by atoms with Crippen molar-refractivity contribution in [1.82, 2.24) is 0 Å². The number of nitrogens with one attached hydrogen (secondary N) is 1. The number of aryl methyl sites for hydroxylation is 1. The number of nitro groups is 1. The Bertz CT molecular complexity index is 474. The quantitative estimate of drug-likeness (QED) is 0.584. The minimum absolute atomic E-state index is 0.0471. The highest BCUT2D eigenvalue weighted by Crippen LogP contribution is 2.23. The Balaban J connectivity index is 2.62. The van der Waals surface area contributed by atoms with Gasteiger partial charge < -0.3 is 10.4 Å². The van der Waals surface area contributed by atoms with Gasteiger partial charge in [-0.25, -0.2) is 0 Å². The molecule has 0 aliphatic carbocycles. The summed E-state index contributed by atoms with van der Waals surface area (Å²) in [7, 11) is 0. The summed E-state index contributed by atoms with van der Waals surface area (Å²) in [6, 6.07) is 4.74. The Hall–Kier alpha value is -2.11. The van der Waals surface area contributed by atoms with Gasteiger partial charge in [-0.2, -0.15) is 0 Å². The minimum Gasteiger partial charge on any atom is -0.481 e. The van der Waals surface area contributed by atoms with E-state index >= 15 is 0 Å². The van der Waals surface area contributed by atoms with E-state index in [4.69, 9.17) is 5.11 Å². The Morgan fingerprint density at radius 1 is 1.53 bits per heavy atom. The second-order valence-electron chi connectivity index (χ2n) is 4.59. The molecule has 6 heteroatoms. The molecular weight excluding hydrogens is 248 g/mol. The number of rotatable bonds is 7. The summed E-state index contributed by atoms with van der Waals surface area (Å²) < 4.78 is 0. The zero-order chi connectivity index (χ0) is 14.4. The van der Waals surface area contributed by atoms with Crippen molar-refractivity contribution in [2.24, 2.45) is 0 Å². The van der Waals surface area contributed by atoms with Crippen molar-refractivity contribution in [2.45, 2.75) is 39.2 Å². The van der Waals surface area contributed by atoms with Gasteiger partial charge >= 0.3 is 5.97 Å². The standard InChI is InChI=1S/C13H18N2O4/c1-9-6-7-11(15(18)19)8-12(9)14-10(2)4-3-5-13(16)17/h6-8,10,14H,3-5H2,1-2H3,(H,16,17). The van der Waals surface area contributed by atoms with E-state index in [0.29, 0.717) is 12.8 Å². The highest BCUT2D eigenvalue weighted by molar-refractivity contribution is 5.66. The van der Waals surface area contributed by atoms with Crippen LogP contribution >= 0.6 is 0 Å². The third kappa shape index (κ3) is 4.95. The van der Waals surface area contributed by atoms with Gasteiger partial charge in [0.2, 0.25) is 0 Å². The van der Waals surface area contributed by atoms with E-state index in [-0.39, 0.29) is 18.2 Å². The van der Waals surface area contributed by atoms with Crippen molar-refractivity contribution >= 4 is 17.3 Å². The fourth-order valence-electron chi connectivity index (χ4n) is 1.78. The van der Waals surface area contributed by atoms with Gasteiger partial charge in [-0.05, 0) is 32.3 Å². The van der Waals surface area contributed by atoms with E-state index in [0.717, 1.165) is 11.3 Å². The van der Waals surface area contributed by atoms with Crippen LogP contribution in [-0.2, 0) is 4.79 Å². The van der Waals surface area contributed by atoms with Crippen LogP contribution in [0.3, 0.4) is 0 Å². The lowest BCUT2D eigenvalue weighted by Crippen LogP contribution is -2.16. The third-order valence-corrected chi connectivity index (χ3v) is 2.86. The molecular formula is C13H18N2O4. The second kappa shape index (κ2) is 6.72. The fourth-order valence-corrected chi connectivity index (χ4v) is 1.78. The largest absolute Gasteiger partial charge is 0.481 e. The first kappa shape index (κ1) is 14.9. The lowest BCUT2D eigenvalue weighted by Gasteiger charge is -2.16.